The average molecular weight is 332 g/mol. The first-order valence-electron chi connectivity index (χ1n) is 7.61. The van der Waals surface area contributed by atoms with Crippen molar-refractivity contribution in [3.8, 4) is 0 Å². The van der Waals surface area contributed by atoms with E-state index in [4.69, 9.17) is 4.42 Å². The molecule has 8 heteroatoms. The fourth-order valence-corrected chi connectivity index (χ4v) is 2.59. The molecular formula is C16H14F2N4O2. The van der Waals surface area contributed by atoms with Gasteiger partial charge in [0.25, 0.3) is 12.3 Å². The van der Waals surface area contributed by atoms with Gasteiger partial charge < -0.3 is 9.73 Å². The zero-order valence-corrected chi connectivity index (χ0v) is 12.6. The Balaban J connectivity index is 1.68. The number of amides is 1. The van der Waals surface area contributed by atoms with E-state index in [0.29, 0.717) is 11.5 Å². The third-order valence-electron chi connectivity index (χ3n) is 3.99. The molecule has 1 saturated carbocycles. The van der Waals surface area contributed by atoms with Crippen molar-refractivity contribution in [1.29, 1.82) is 0 Å². The highest BCUT2D eigenvalue weighted by atomic mass is 19.3. The Hall–Kier alpha value is -2.77. The van der Waals surface area contributed by atoms with Crippen molar-refractivity contribution in [2.45, 2.75) is 31.7 Å². The molecule has 0 aromatic carbocycles. The van der Waals surface area contributed by atoms with Gasteiger partial charge >= 0.3 is 0 Å². The van der Waals surface area contributed by atoms with Crippen molar-refractivity contribution in [1.82, 2.24) is 19.9 Å². The summed E-state index contributed by atoms with van der Waals surface area (Å²) in [6, 6.07) is 4.83. The van der Waals surface area contributed by atoms with Crippen LogP contribution in [0, 0.1) is 0 Å². The van der Waals surface area contributed by atoms with Gasteiger partial charge in [-0.2, -0.15) is 5.10 Å². The van der Waals surface area contributed by atoms with Gasteiger partial charge in [0.2, 0.25) is 0 Å². The van der Waals surface area contributed by atoms with Crippen LogP contribution in [-0.4, -0.2) is 20.5 Å². The van der Waals surface area contributed by atoms with Crippen LogP contribution in [0.15, 0.2) is 35.1 Å². The fraction of sp³-hybridized carbons (Fsp3) is 0.312. The maximum absolute atomic E-state index is 13.3. The van der Waals surface area contributed by atoms with Gasteiger partial charge in [0, 0.05) is 11.6 Å². The molecule has 24 heavy (non-hydrogen) atoms. The monoisotopic (exact) mass is 332 g/mol. The van der Waals surface area contributed by atoms with Crippen molar-refractivity contribution in [2.24, 2.45) is 0 Å². The molecule has 0 aliphatic heterocycles. The Kier molecular flexibility index (Phi) is 3.51. The fourth-order valence-electron chi connectivity index (χ4n) is 2.59. The van der Waals surface area contributed by atoms with Gasteiger partial charge in [-0.25, -0.2) is 18.3 Å². The number of alkyl halides is 2. The van der Waals surface area contributed by atoms with Crippen LogP contribution in [0.5, 0.6) is 0 Å². The Bertz CT molecular complexity index is 885. The summed E-state index contributed by atoms with van der Waals surface area (Å²) >= 11 is 0. The Morgan fingerprint density at radius 1 is 1.46 bits per heavy atom. The van der Waals surface area contributed by atoms with Gasteiger partial charge in [0.1, 0.15) is 17.0 Å². The predicted octanol–water partition coefficient (Wildman–Crippen LogP) is 3.07. The minimum atomic E-state index is -2.69. The highest BCUT2D eigenvalue weighted by Crippen LogP contribution is 2.40. The van der Waals surface area contributed by atoms with Crippen LogP contribution in [0.25, 0.3) is 5.65 Å². The molecule has 4 rings (SSSR count). The molecule has 6 nitrogen and oxygen atoms in total. The highest BCUT2D eigenvalue weighted by Gasteiger charge is 2.29. The van der Waals surface area contributed by atoms with Gasteiger partial charge in [0.15, 0.2) is 5.65 Å². The summed E-state index contributed by atoms with van der Waals surface area (Å²) in [6.45, 7) is 0.202. The van der Waals surface area contributed by atoms with E-state index in [0.717, 1.165) is 17.4 Å². The molecular weight excluding hydrogens is 318 g/mol. The molecule has 3 aromatic heterocycles. The number of hydrogen-bond donors (Lipinski definition) is 1. The number of aromatic nitrogens is 3. The maximum atomic E-state index is 13.3. The molecule has 1 amide bonds. The second-order valence-electron chi connectivity index (χ2n) is 5.74. The predicted molar refractivity (Wildman–Crippen MR) is 79.8 cm³/mol. The van der Waals surface area contributed by atoms with E-state index < -0.39 is 12.3 Å². The summed E-state index contributed by atoms with van der Waals surface area (Å²) in [5.74, 6) is 0.364. The van der Waals surface area contributed by atoms with E-state index in [9.17, 15) is 13.6 Å². The molecule has 124 valence electrons. The Morgan fingerprint density at radius 3 is 2.96 bits per heavy atom. The normalized spacial score (nSPS) is 14.5. The van der Waals surface area contributed by atoms with Crippen LogP contribution in [-0.2, 0) is 6.54 Å². The zero-order valence-electron chi connectivity index (χ0n) is 12.6. The van der Waals surface area contributed by atoms with Gasteiger partial charge in [-0.1, -0.05) is 0 Å². The molecule has 0 bridgehead atoms. The van der Waals surface area contributed by atoms with E-state index in [1.165, 1.54) is 18.5 Å². The summed E-state index contributed by atoms with van der Waals surface area (Å²) < 4.78 is 32.8. The second-order valence-corrected chi connectivity index (χ2v) is 5.74. The van der Waals surface area contributed by atoms with E-state index in [2.05, 4.69) is 15.4 Å². The molecule has 3 aromatic rings. The molecule has 0 saturated heterocycles. The van der Waals surface area contributed by atoms with E-state index in [-0.39, 0.29) is 29.4 Å². The topological polar surface area (TPSA) is 72.4 Å². The first-order chi connectivity index (χ1) is 11.6. The molecule has 1 aliphatic rings. The minimum absolute atomic E-state index is 0.159. The first-order valence-corrected chi connectivity index (χ1v) is 7.61. The number of hydrogen-bond acceptors (Lipinski definition) is 4. The van der Waals surface area contributed by atoms with Gasteiger partial charge in [-0.3, -0.25) is 4.79 Å². The number of furan rings is 1. The number of nitrogens with zero attached hydrogens (tertiary/aromatic N) is 3. The van der Waals surface area contributed by atoms with Gasteiger partial charge in [-0.15, -0.1) is 0 Å². The maximum Gasteiger partial charge on any atom is 0.280 e. The van der Waals surface area contributed by atoms with Crippen molar-refractivity contribution in [2.75, 3.05) is 0 Å². The standard InChI is InChI=1S/C16H14F2N4O2/c17-14(18)13-6-12(9-3-4-9)21-15-11(8-20-22(13)15)16(23)19-7-10-2-1-5-24-10/h1-2,5-6,8-9,14H,3-4,7H2,(H,19,23). The van der Waals surface area contributed by atoms with Crippen LogP contribution in [0.4, 0.5) is 8.78 Å². The van der Waals surface area contributed by atoms with Crippen molar-refractivity contribution in [3.63, 3.8) is 0 Å². The number of fused-ring (bicyclic) bond motifs is 1. The molecule has 1 N–H and O–H groups in total. The summed E-state index contributed by atoms with van der Waals surface area (Å²) in [5.41, 5.74) is 0.683. The smallest absolute Gasteiger partial charge is 0.280 e. The van der Waals surface area contributed by atoms with Crippen molar-refractivity contribution >= 4 is 11.6 Å². The van der Waals surface area contributed by atoms with Crippen molar-refractivity contribution < 1.29 is 18.0 Å². The minimum Gasteiger partial charge on any atom is -0.467 e. The number of rotatable bonds is 5. The quantitative estimate of drug-likeness (QED) is 0.779. The molecule has 1 aliphatic carbocycles. The molecule has 3 heterocycles. The molecule has 0 spiro atoms. The summed E-state index contributed by atoms with van der Waals surface area (Å²) in [5, 5.41) is 6.60. The number of nitrogens with one attached hydrogen (secondary N) is 1. The van der Waals surface area contributed by atoms with Gasteiger partial charge in [0.05, 0.1) is 19.0 Å². The Labute approximate surface area is 135 Å². The van der Waals surface area contributed by atoms with Crippen LogP contribution < -0.4 is 5.32 Å². The lowest BCUT2D eigenvalue weighted by molar-refractivity contribution is 0.0949. The van der Waals surface area contributed by atoms with Gasteiger partial charge in [-0.05, 0) is 31.0 Å². The highest BCUT2D eigenvalue weighted by molar-refractivity contribution is 5.99. The largest absolute Gasteiger partial charge is 0.467 e. The lowest BCUT2D eigenvalue weighted by Crippen LogP contribution is -2.22. The summed E-state index contributed by atoms with van der Waals surface area (Å²) in [7, 11) is 0. The third-order valence-corrected chi connectivity index (χ3v) is 3.99. The summed E-state index contributed by atoms with van der Waals surface area (Å²) in [6.07, 6.45) is 1.95. The lowest BCUT2D eigenvalue weighted by Gasteiger charge is -2.07. The molecule has 1 fully saturated rings. The SMILES string of the molecule is O=C(NCc1ccco1)c1cnn2c(C(F)F)cc(C3CC3)nc12. The third kappa shape index (κ3) is 2.64. The molecule has 0 unspecified atom stereocenters. The lowest BCUT2D eigenvalue weighted by atomic mass is 10.2. The first kappa shape index (κ1) is 14.8. The number of halogens is 2. The van der Waals surface area contributed by atoms with Crippen LogP contribution >= 0.6 is 0 Å². The average Bonchev–Trinajstić information content (AvgIpc) is 3.12. The summed E-state index contributed by atoms with van der Waals surface area (Å²) in [4.78, 5) is 16.7. The number of carbonyl (C=O) groups is 1. The van der Waals surface area contributed by atoms with Crippen LogP contribution in [0.2, 0.25) is 0 Å². The second kappa shape index (κ2) is 5.70. The Morgan fingerprint density at radius 2 is 2.29 bits per heavy atom. The van der Waals surface area contributed by atoms with E-state index >= 15 is 0 Å². The van der Waals surface area contributed by atoms with E-state index in [1.807, 2.05) is 0 Å². The molecule has 0 radical (unpaired) electrons. The van der Waals surface area contributed by atoms with Crippen molar-refractivity contribution in [3.05, 3.63) is 53.4 Å². The van der Waals surface area contributed by atoms with Crippen LogP contribution in [0.3, 0.4) is 0 Å². The molecule has 0 atom stereocenters. The van der Waals surface area contributed by atoms with Crippen LogP contribution in [0.1, 0.15) is 52.7 Å². The zero-order chi connectivity index (χ0) is 16.7. The number of carbonyl (C=O) groups excluding carboxylic acids is 1. The van der Waals surface area contributed by atoms with E-state index in [1.54, 1.807) is 12.1 Å².